The van der Waals surface area contributed by atoms with Gasteiger partial charge in [-0.2, -0.15) is 0 Å². The van der Waals surface area contributed by atoms with Crippen LogP contribution in [0.5, 0.6) is 0 Å². The van der Waals surface area contributed by atoms with E-state index < -0.39 is 34.5 Å². The van der Waals surface area contributed by atoms with Crippen LogP contribution in [0.3, 0.4) is 0 Å². The lowest BCUT2D eigenvalue weighted by molar-refractivity contribution is -0.151. The summed E-state index contributed by atoms with van der Waals surface area (Å²) >= 11 is 4.19. The molecular weight excluding hydrogens is 368 g/mol. The SMILES string of the molecule is O=C(Cc1ccccc1)NC1C(=O)N2C(C(=O)O)=C(CCl)C[S+]([O-])[C@@H]12. The van der Waals surface area contributed by atoms with Gasteiger partial charge >= 0.3 is 5.97 Å². The molecule has 0 saturated carbocycles. The van der Waals surface area contributed by atoms with E-state index in [9.17, 15) is 24.0 Å². The summed E-state index contributed by atoms with van der Waals surface area (Å²) in [6.45, 7) is 0. The van der Waals surface area contributed by atoms with Gasteiger partial charge < -0.3 is 15.0 Å². The normalized spacial score (nSPS) is 25.3. The maximum Gasteiger partial charge on any atom is 0.352 e. The molecule has 1 aromatic carbocycles. The third-order valence-corrected chi connectivity index (χ3v) is 6.07. The van der Waals surface area contributed by atoms with Crippen molar-refractivity contribution in [1.29, 1.82) is 0 Å². The minimum absolute atomic E-state index is 0.0232. The van der Waals surface area contributed by atoms with Crippen molar-refractivity contribution >= 4 is 40.6 Å². The quantitative estimate of drug-likeness (QED) is 0.430. The first kappa shape index (κ1) is 17.8. The van der Waals surface area contributed by atoms with E-state index in [-0.39, 0.29) is 35.2 Å². The molecule has 0 spiro atoms. The number of nitrogens with zero attached hydrogens (tertiary/aromatic N) is 1. The van der Waals surface area contributed by atoms with Crippen LogP contribution in [0.25, 0.3) is 0 Å². The number of β-lactam (4-membered cyclic amide) rings is 1. The minimum atomic E-state index is -1.52. The molecule has 2 unspecified atom stereocenters. The lowest BCUT2D eigenvalue weighted by Gasteiger charge is -2.48. The number of carbonyl (C=O) groups excluding carboxylic acids is 2. The van der Waals surface area contributed by atoms with Crippen LogP contribution in [0.1, 0.15) is 5.56 Å². The van der Waals surface area contributed by atoms with Crippen LogP contribution in [0.4, 0.5) is 0 Å². The Morgan fingerprint density at radius 2 is 2.04 bits per heavy atom. The highest BCUT2D eigenvalue weighted by Crippen LogP contribution is 2.37. The third kappa shape index (κ3) is 3.24. The number of halogens is 1. The molecule has 0 radical (unpaired) electrons. The zero-order valence-corrected chi connectivity index (χ0v) is 14.5. The Kier molecular flexibility index (Phi) is 5.03. The van der Waals surface area contributed by atoms with Crippen molar-refractivity contribution in [3.05, 3.63) is 47.2 Å². The zero-order valence-electron chi connectivity index (χ0n) is 13.0. The largest absolute Gasteiger partial charge is 0.614 e. The summed E-state index contributed by atoms with van der Waals surface area (Å²) in [4.78, 5) is 36.9. The second-order valence-electron chi connectivity index (χ2n) is 5.72. The lowest BCUT2D eigenvalue weighted by Crippen LogP contribution is -2.74. The second-order valence-corrected chi connectivity index (χ2v) is 7.52. The number of benzene rings is 1. The van der Waals surface area contributed by atoms with Crippen LogP contribution in [0, 0.1) is 0 Å². The van der Waals surface area contributed by atoms with E-state index in [2.05, 4.69) is 5.32 Å². The number of hydrogen-bond acceptors (Lipinski definition) is 4. The average molecular weight is 383 g/mol. The molecule has 2 heterocycles. The predicted molar refractivity (Wildman–Crippen MR) is 91.1 cm³/mol. The van der Waals surface area contributed by atoms with E-state index in [4.69, 9.17) is 11.6 Å². The third-order valence-electron chi connectivity index (χ3n) is 4.09. The smallest absolute Gasteiger partial charge is 0.352 e. The summed E-state index contributed by atoms with van der Waals surface area (Å²) in [5, 5.41) is 11.0. The average Bonchev–Trinajstić information content (AvgIpc) is 2.59. The molecule has 9 heteroatoms. The summed E-state index contributed by atoms with van der Waals surface area (Å²) in [6, 6.07) is 8.01. The molecule has 1 saturated heterocycles. The molecule has 3 rings (SSSR count). The fourth-order valence-electron chi connectivity index (χ4n) is 2.96. The number of carbonyl (C=O) groups is 3. The number of amides is 2. The molecule has 0 aliphatic carbocycles. The Morgan fingerprint density at radius 3 is 2.64 bits per heavy atom. The number of alkyl halides is 1. The van der Waals surface area contributed by atoms with Crippen molar-refractivity contribution in [2.24, 2.45) is 0 Å². The monoisotopic (exact) mass is 382 g/mol. The van der Waals surface area contributed by atoms with Gasteiger partial charge in [-0.3, -0.25) is 14.5 Å². The Bertz CT molecular complexity index is 754. The maximum atomic E-state index is 12.4. The summed E-state index contributed by atoms with van der Waals surface area (Å²) in [5.74, 6) is -2.40. The number of aliphatic carboxylic acids is 1. The topological polar surface area (TPSA) is 110 Å². The summed E-state index contributed by atoms with van der Waals surface area (Å²) < 4.78 is 12.4. The molecule has 2 N–H and O–H groups in total. The standard InChI is InChI=1S/C16H15ClN2O5S/c17-7-10-8-25(24)15-12(14(21)19(15)13(10)16(22)23)18-11(20)6-9-4-2-1-3-5-9/h1-5,12,15H,6-8H2,(H,18,20)(H,22,23)/t12?,15-,25?/m0/s1. The first-order valence-electron chi connectivity index (χ1n) is 7.49. The number of carboxylic acids is 1. The minimum Gasteiger partial charge on any atom is -0.614 e. The van der Waals surface area contributed by atoms with Crippen molar-refractivity contribution in [3.63, 3.8) is 0 Å². The summed E-state index contributed by atoms with van der Waals surface area (Å²) in [5.41, 5.74) is 0.813. The van der Waals surface area contributed by atoms with Gasteiger partial charge in [0.25, 0.3) is 5.91 Å². The van der Waals surface area contributed by atoms with Crippen LogP contribution >= 0.6 is 11.6 Å². The van der Waals surface area contributed by atoms with Crippen LogP contribution in [-0.2, 0) is 32.0 Å². The van der Waals surface area contributed by atoms with Gasteiger partial charge in [-0.05, 0) is 16.7 Å². The van der Waals surface area contributed by atoms with E-state index in [0.29, 0.717) is 0 Å². The highest BCUT2D eigenvalue weighted by molar-refractivity contribution is 7.92. The number of carboxylic acid groups (broad SMARTS) is 1. The van der Waals surface area contributed by atoms with Gasteiger partial charge in [0.2, 0.25) is 11.3 Å². The first-order chi connectivity index (χ1) is 11.9. The Labute approximate surface area is 151 Å². The van der Waals surface area contributed by atoms with Gasteiger partial charge in [0.05, 0.1) is 12.3 Å². The van der Waals surface area contributed by atoms with Gasteiger partial charge in [-0.15, -0.1) is 11.6 Å². The Hall–Kier alpha value is -2.03. The number of nitrogens with one attached hydrogen (secondary N) is 1. The van der Waals surface area contributed by atoms with Crippen molar-refractivity contribution in [2.45, 2.75) is 17.8 Å². The maximum absolute atomic E-state index is 12.4. The Balaban J connectivity index is 1.74. The fraction of sp³-hybridized carbons (Fsp3) is 0.312. The highest BCUT2D eigenvalue weighted by Gasteiger charge is 2.60. The van der Waals surface area contributed by atoms with E-state index in [1.807, 2.05) is 6.07 Å². The van der Waals surface area contributed by atoms with Gasteiger partial charge in [0.15, 0.2) is 6.04 Å². The molecule has 0 bridgehead atoms. The molecule has 2 amide bonds. The molecule has 7 nitrogen and oxygen atoms in total. The van der Waals surface area contributed by atoms with E-state index in [1.54, 1.807) is 24.3 Å². The Morgan fingerprint density at radius 1 is 1.36 bits per heavy atom. The number of hydrogen-bond donors (Lipinski definition) is 2. The van der Waals surface area contributed by atoms with Crippen LogP contribution in [0.2, 0.25) is 0 Å². The van der Waals surface area contributed by atoms with E-state index in [1.165, 1.54) is 0 Å². The predicted octanol–water partition coefficient (Wildman–Crippen LogP) is 0.222. The molecule has 2 aliphatic rings. The number of rotatable bonds is 5. The highest BCUT2D eigenvalue weighted by atomic mass is 35.5. The molecule has 2 aliphatic heterocycles. The molecule has 132 valence electrons. The van der Waals surface area contributed by atoms with E-state index in [0.717, 1.165) is 10.5 Å². The first-order valence-corrected chi connectivity index (χ1v) is 9.40. The molecule has 25 heavy (non-hydrogen) atoms. The molecule has 1 fully saturated rings. The summed E-state index contributed by atoms with van der Waals surface area (Å²) in [7, 11) is 0. The molecular formula is C16H15ClN2O5S. The molecule has 0 aromatic heterocycles. The van der Waals surface area contributed by atoms with Crippen LogP contribution < -0.4 is 5.32 Å². The van der Waals surface area contributed by atoms with Gasteiger partial charge in [0, 0.05) is 5.57 Å². The van der Waals surface area contributed by atoms with Crippen LogP contribution in [-0.4, -0.2) is 55.4 Å². The summed E-state index contributed by atoms with van der Waals surface area (Å²) in [6.07, 6.45) is 0.0819. The second kappa shape index (κ2) is 7.07. The molecule has 1 aromatic rings. The van der Waals surface area contributed by atoms with Crippen molar-refractivity contribution in [1.82, 2.24) is 10.2 Å². The molecule has 3 atom stereocenters. The van der Waals surface area contributed by atoms with Gasteiger partial charge in [-0.25, -0.2) is 4.79 Å². The number of fused-ring (bicyclic) bond motifs is 1. The van der Waals surface area contributed by atoms with Gasteiger partial charge in [0.1, 0.15) is 11.4 Å². The van der Waals surface area contributed by atoms with E-state index >= 15 is 0 Å². The fourth-order valence-corrected chi connectivity index (χ4v) is 4.98. The van der Waals surface area contributed by atoms with Crippen molar-refractivity contribution in [3.8, 4) is 0 Å². The van der Waals surface area contributed by atoms with Crippen LogP contribution in [0.15, 0.2) is 41.6 Å². The van der Waals surface area contributed by atoms with Gasteiger partial charge in [-0.1, -0.05) is 30.3 Å². The zero-order chi connectivity index (χ0) is 18.1. The van der Waals surface area contributed by atoms with Crippen molar-refractivity contribution in [2.75, 3.05) is 11.6 Å². The van der Waals surface area contributed by atoms with Crippen molar-refractivity contribution < 1.29 is 24.0 Å². The lowest BCUT2D eigenvalue weighted by atomic mass is 10.0.